The molecule has 2 rings (SSSR count). The van der Waals surface area contributed by atoms with Crippen LogP contribution in [0.2, 0.25) is 0 Å². The number of hydrogen-bond donors (Lipinski definition) is 1. The highest BCUT2D eigenvalue weighted by Gasteiger charge is 2.30. The van der Waals surface area contributed by atoms with Gasteiger partial charge in [0.25, 0.3) is 0 Å². The van der Waals surface area contributed by atoms with Crippen molar-refractivity contribution < 1.29 is 13.4 Å². The average molecular weight is 311 g/mol. The summed E-state index contributed by atoms with van der Waals surface area (Å²) in [7, 11) is 0. The third-order valence-corrected chi connectivity index (χ3v) is 4.83. The molecule has 5 heteroatoms. The van der Waals surface area contributed by atoms with E-state index in [0.29, 0.717) is 11.3 Å². The molecule has 0 unspecified atom stereocenters. The van der Waals surface area contributed by atoms with Gasteiger partial charge in [0.05, 0.1) is 0 Å². The van der Waals surface area contributed by atoms with Crippen molar-refractivity contribution in [3.63, 3.8) is 0 Å². The second-order valence-electron chi connectivity index (χ2n) is 6.17. The van der Waals surface area contributed by atoms with Gasteiger partial charge in [-0.15, -0.1) is 4.72 Å². The normalized spacial score (nSPS) is 15.3. The van der Waals surface area contributed by atoms with E-state index >= 15 is 0 Å². The van der Waals surface area contributed by atoms with E-state index in [-0.39, 0.29) is 16.6 Å². The van der Waals surface area contributed by atoms with Crippen molar-refractivity contribution in [2.24, 2.45) is 0 Å². The van der Waals surface area contributed by atoms with Crippen LogP contribution in [-0.2, 0) is 11.4 Å². The van der Waals surface area contributed by atoms with Crippen molar-refractivity contribution >= 4 is 22.3 Å². The summed E-state index contributed by atoms with van der Waals surface area (Å²) >= 11 is -1.18. The number of nitrogens with one attached hydrogen (secondary N) is 1. The fourth-order valence-corrected chi connectivity index (χ4v) is 2.91. The van der Waals surface area contributed by atoms with Crippen LogP contribution in [0.3, 0.4) is 0 Å². The van der Waals surface area contributed by atoms with Gasteiger partial charge in [0, 0.05) is 16.7 Å². The summed E-state index contributed by atoms with van der Waals surface area (Å²) in [4.78, 5) is 0. The van der Waals surface area contributed by atoms with E-state index in [0.717, 1.165) is 18.2 Å². The topological polar surface area (TPSA) is 48.2 Å². The maximum absolute atomic E-state index is 13.3. The Bertz CT molecular complexity index is 606. The standard InChI is InChI=1S/C16H22FNO2S/c1-5-6-13(18-21(19)16(2,3)4)15-10-11-9-12(17)7-8-14(11)20-15/h7-10,13,18H,5-6H2,1-4H3/t13-,21+/m0/s1. The van der Waals surface area contributed by atoms with Crippen molar-refractivity contribution in [1.82, 2.24) is 4.72 Å². The Kier molecular flexibility index (Phi) is 4.96. The summed E-state index contributed by atoms with van der Waals surface area (Å²) in [6, 6.07) is 6.14. The Morgan fingerprint density at radius 2 is 2.05 bits per heavy atom. The van der Waals surface area contributed by atoms with Gasteiger partial charge < -0.3 is 8.97 Å². The third kappa shape index (κ3) is 3.99. The molecule has 0 saturated carbocycles. The Morgan fingerprint density at radius 3 is 2.67 bits per heavy atom. The molecule has 1 aromatic heterocycles. The molecule has 0 aliphatic heterocycles. The van der Waals surface area contributed by atoms with Crippen molar-refractivity contribution in [3.05, 3.63) is 35.8 Å². The van der Waals surface area contributed by atoms with Crippen molar-refractivity contribution in [1.29, 1.82) is 0 Å². The highest BCUT2D eigenvalue weighted by molar-refractivity contribution is 7.90. The average Bonchev–Trinajstić information content (AvgIpc) is 2.79. The van der Waals surface area contributed by atoms with Gasteiger partial charge in [0.15, 0.2) is 0 Å². The van der Waals surface area contributed by atoms with Crippen LogP contribution < -0.4 is 4.72 Å². The zero-order chi connectivity index (χ0) is 15.6. The van der Waals surface area contributed by atoms with Crippen molar-refractivity contribution in [3.8, 4) is 0 Å². The Labute approximate surface area is 128 Å². The summed E-state index contributed by atoms with van der Waals surface area (Å²) in [5.41, 5.74) is 0.649. The highest BCUT2D eigenvalue weighted by atomic mass is 32.2. The minimum Gasteiger partial charge on any atom is -0.598 e. The minimum atomic E-state index is -1.18. The van der Waals surface area contributed by atoms with Gasteiger partial charge in [-0.1, -0.05) is 13.3 Å². The molecule has 0 bridgehead atoms. The predicted molar refractivity (Wildman–Crippen MR) is 84.9 cm³/mol. The first kappa shape index (κ1) is 16.3. The molecule has 0 amide bonds. The minimum absolute atomic E-state index is 0.134. The predicted octanol–water partition coefficient (Wildman–Crippen LogP) is 4.46. The molecular weight excluding hydrogens is 289 g/mol. The summed E-state index contributed by atoms with van der Waals surface area (Å²) in [5, 5.41) is 0.731. The van der Waals surface area contributed by atoms with Crippen LogP contribution in [0.25, 0.3) is 11.0 Å². The van der Waals surface area contributed by atoms with Crippen molar-refractivity contribution in [2.45, 2.75) is 51.3 Å². The Balaban J connectivity index is 2.27. The lowest BCUT2D eigenvalue weighted by Crippen LogP contribution is -2.41. The molecule has 1 aromatic carbocycles. The molecule has 0 aliphatic carbocycles. The van der Waals surface area contributed by atoms with Crippen LogP contribution in [-0.4, -0.2) is 9.30 Å². The smallest absolute Gasteiger partial charge is 0.136 e. The first-order valence-electron chi connectivity index (χ1n) is 7.18. The van der Waals surface area contributed by atoms with Gasteiger partial charge in [-0.05, 0) is 51.5 Å². The monoisotopic (exact) mass is 311 g/mol. The molecule has 2 aromatic rings. The molecule has 0 radical (unpaired) electrons. The van der Waals surface area contributed by atoms with E-state index in [1.165, 1.54) is 12.1 Å². The van der Waals surface area contributed by atoms with Crippen LogP contribution in [0, 0.1) is 5.82 Å². The summed E-state index contributed by atoms with van der Waals surface area (Å²) in [6.45, 7) is 7.84. The molecule has 0 saturated heterocycles. The largest absolute Gasteiger partial charge is 0.598 e. The number of furan rings is 1. The number of rotatable bonds is 5. The fourth-order valence-electron chi connectivity index (χ4n) is 2.06. The van der Waals surface area contributed by atoms with Gasteiger partial charge in [-0.2, -0.15) is 0 Å². The lowest BCUT2D eigenvalue weighted by Gasteiger charge is -2.27. The fraction of sp³-hybridized carbons (Fsp3) is 0.500. The first-order chi connectivity index (χ1) is 9.81. The molecule has 0 aliphatic rings. The van der Waals surface area contributed by atoms with E-state index in [1.807, 2.05) is 26.8 Å². The Hall–Kier alpha value is -1.04. The van der Waals surface area contributed by atoms with Crippen LogP contribution in [0.15, 0.2) is 28.7 Å². The summed E-state index contributed by atoms with van der Waals surface area (Å²) in [6.07, 6.45) is 1.74. The maximum Gasteiger partial charge on any atom is 0.136 e. The van der Waals surface area contributed by atoms with Crippen LogP contribution in [0.4, 0.5) is 4.39 Å². The summed E-state index contributed by atoms with van der Waals surface area (Å²) < 4.78 is 34.1. The zero-order valence-electron chi connectivity index (χ0n) is 12.9. The van der Waals surface area contributed by atoms with Crippen molar-refractivity contribution in [2.75, 3.05) is 0 Å². The molecule has 3 nitrogen and oxygen atoms in total. The SMILES string of the molecule is CCC[C@H](N[S@+]([O-])C(C)(C)C)c1cc2cc(F)ccc2o1. The van der Waals surface area contributed by atoms with Gasteiger partial charge in [0.2, 0.25) is 0 Å². The van der Waals surface area contributed by atoms with E-state index in [2.05, 4.69) is 11.6 Å². The molecule has 116 valence electrons. The number of halogens is 1. The lowest BCUT2D eigenvalue weighted by molar-refractivity contribution is 0.439. The molecule has 0 fully saturated rings. The van der Waals surface area contributed by atoms with Crippen LogP contribution in [0.5, 0.6) is 0 Å². The van der Waals surface area contributed by atoms with E-state index in [1.54, 1.807) is 6.07 Å². The quantitative estimate of drug-likeness (QED) is 0.829. The zero-order valence-corrected chi connectivity index (χ0v) is 13.7. The Morgan fingerprint density at radius 1 is 1.33 bits per heavy atom. The number of benzene rings is 1. The van der Waals surface area contributed by atoms with E-state index < -0.39 is 11.4 Å². The van der Waals surface area contributed by atoms with Crippen LogP contribution in [0.1, 0.15) is 52.3 Å². The van der Waals surface area contributed by atoms with Gasteiger partial charge >= 0.3 is 0 Å². The van der Waals surface area contributed by atoms with E-state index in [4.69, 9.17) is 4.42 Å². The first-order valence-corrected chi connectivity index (χ1v) is 8.33. The molecule has 21 heavy (non-hydrogen) atoms. The van der Waals surface area contributed by atoms with Gasteiger partial charge in [-0.3, -0.25) is 0 Å². The molecule has 1 heterocycles. The third-order valence-electron chi connectivity index (χ3n) is 3.22. The molecule has 0 spiro atoms. The second kappa shape index (κ2) is 6.38. The molecule has 2 atom stereocenters. The van der Waals surface area contributed by atoms with Gasteiger partial charge in [-0.25, -0.2) is 4.39 Å². The maximum atomic E-state index is 13.3. The second-order valence-corrected chi connectivity index (χ2v) is 8.17. The number of hydrogen-bond acceptors (Lipinski definition) is 3. The van der Waals surface area contributed by atoms with Crippen LogP contribution >= 0.6 is 0 Å². The molecule has 1 N–H and O–H groups in total. The van der Waals surface area contributed by atoms with E-state index in [9.17, 15) is 8.94 Å². The molecular formula is C16H22FNO2S. The van der Waals surface area contributed by atoms with Gasteiger partial charge in [0.1, 0.15) is 27.9 Å². The number of fused-ring (bicyclic) bond motifs is 1. The summed E-state index contributed by atoms with van der Waals surface area (Å²) in [5.74, 6) is 0.420. The highest BCUT2D eigenvalue weighted by Crippen LogP contribution is 2.29. The lowest BCUT2D eigenvalue weighted by atomic mass is 10.1.